The van der Waals surface area contributed by atoms with E-state index in [1.165, 1.54) is 44.9 Å². The zero-order valence-electron chi connectivity index (χ0n) is 14.1. The molecule has 0 amide bonds. The third-order valence-corrected chi connectivity index (χ3v) is 7.66. The van der Waals surface area contributed by atoms with E-state index in [2.05, 4.69) is 12.4 Å². The molecule has 1 nitrogen and oxygen atoms in total. The Bertz CT molecular complexity index is 318. The van der Waals surface area contributed by atoms with Crippen LogP contribution in [-0.2, 0) is 0 Å². The fourth-order valence-corrected chi connectivity index (χ4v) is 7.22. The van der Waals surface area contributed by atoms with Gasteiger partial charge in [-0.1, -0.05) is 25.7 Å². The van der Waals surface area contributed by atoms with Crippen LogP contribution in [0.2, 0.25) is 0 Å². The van der Waals surface area contributed by atoms with Gasteiger partial charge >= 0.3 is 0 Å². The summed E-state index contributed by atoms with van der Waals surface area (Å²) in [4.78, 5) is 0. The van der Waals surface area contributed by atoms with Crippen LogP contribution in [-0.4, -0.2) is 13.1 Å². The molecule has 0 spiro atoms. The predicted molar refractivity (Wildman–Crippen MR) is 89.3 cm³/mol. The summed E-state index contributed by atoms with van der Waals surface area (Å²) in [6.07, 6.45) is 20.0. The molecule has 0 aliphatic heterocycles. The van der Waals surface area contributed by atoms with Crippen molar-refractivity contribution < 1.29 is 0 Å². The van der Waals surface area contributed by atoms with Crippen LogP contribution < -0.4 is 5.32 Å². The molecule has 0 aromatic rings. The first-order valence-corrected chi connectivity index (χ1v) is 9.94. The van der Waals surface area contributed by atoms with Crippen molar-refractivity contribution in [1.82, 2.24) is 5.32 Å². The molecule has 5 aliphatic rings. The fraction of sp³-hybridized carbons (Fsp3) is 1.00. The molecule has 0 radical (unpaired) electrons. The molecule has 0 heterocycles. The van der Waals surface area contributed by atoms with Gasteiger partial charge in [-0.3, -0.25) is 0 Å². The first kappa shape index (κ1) is 14.5. The maximum absolute atomic E-state index is 3.77. The Morgan fingerprint density at radius 2 is 1.38 bits per heavy atom. The molecule has 5 saturated carbocycles. The second kappa shape index (κ2) is 5.87. The van der Waals surface area contributed by atoms with Crippen LogP contribution in [0.5, 0.6) is 0 Å². The Hall–Kier alpha value is -0.0400. The van der Waals surface area contributed by atoms with Crippen molar-refractivity contribution in [3.63, 3.8) is 0 Å². The minimum absolute atomic E-state index is 0.759. The molecular formula is C20H35N. The Labute approximate surface area is 131 Å². The summed E-state index contributed by atoms with van der Waals surface area (Å²) in [6, 6.07) is 0.819. The lowest BCUT2D eigenvalue weighted by atomic mass is 9.48. The molecule has 4 bridgehead atoms. The van der Waals surface area contributed by atoms with Crippen molar-refractivity contribution in [3.8, 4) is 0 Å². The largest absolute Gasteiger partial charge is 0.317 e. The van der Waals surface area contributed by atoms with Crippen LogP contribution in [0, 0.1) is 29.1 Å². The van der Waals surface area contributed by atoms with Gasteiger partial charge in [-0.2, -0.15) is 0 Å². The van der Waals surface area contributed by atoms with Gasteiger partial charge in [0, 0.05) is 6.04 Å². The Morgan fingerprint density at radius 3 is 1.86 bits per heavy atom. The van der Waals surface area contributed by atoms with E-state index in [-0.39, 0.29) is 0 Å². The van der Waals surface area contributed by atoms with Gasteiger partial charge in [0.2, 0.25) is 0 Å². The van der Waals surface area contributed by atoms with E-state index in [9.17, 15) is 0 Å². The smallest absolute Gasteiger partial charge is 0.00976 e. The van der Waals surface area contributed by atoms with E-state index in [1.54, 1.807) is 38.5 Å². The summed E-state index contributed by atoms with van der Waals surface area (Å²) >= 11 is 0. The summed E-state index contributed by atoms with van der Waals surface area (Å²) in [5.41, 5.74) is 0.759. The van der Waals surface area contributed by atoms with Crippen molar-refractivity contribution in [3.05, 3.63) is 0 Å². The van der Waals surface area contributed by atoms with Gasteiger partial charge in [-0.15, -0.1) is 0 Å². The highest BCUT2D eigenvalue weighted by Gasteiger charge is 2.51. The maximum atomic E-state index is 3.77. The van der Waals surface area contributed by atoms with Crippen LogP contribution in [0.15, 0.2) is 0 Å². The molecule has 1 heteroatoms. The first-order chi connectivity index (χ1) is 10.3. The average Bonchev–Trinajstić information content (AvgIpc) is 2.72. The molecule has 120 valence electrons. The van der Waals surface area contributed by atoms with Crippen LogP contribution in [0.1, 0.15) is 83.5 Å². The zero-order chi connectivity index (χ0) is 14.3. The molecule has 0 aromatic carbocycles. The van der Waals surface area contributed by atoms with Crippen LogP contribution in [0.25, 0.3) is 0 Å². The van der Waals surface area contributed by atoms with Gasteiger partial charge in [0.15, 0.2) is 0 Å². The Morgan fingerprint density at radius 1 is 0.857 bits per heavy atom. The van der Waals surface area contributed by atoms with E-state index in [0.717, 1.165) is 35.1 Å². The Kier molecular flexibility index (Phi) is 4.07. The molecule has 21 heavy (non-hydrogen) atoms. The maximum Gasteiger partial charge on any atom is 0.00976 e. The second-order valence-corrected chi connectivity index (χ2v) is 9.27. The summed E-state index contributed by atoms with van der Waals surface area (Å²) in [5.74, 6) is 4.32. The van der Waals surface area contributed by atoms with E-state index < -0.39 is 0 Å². The minimum Gasteiger partial charge on any atom is -0.317 e. The predicted octanol–water partition coefficient (Wildman–Crippen LogP) is 5.15. The van der Waals surface area contributed by atoms with Crippen molar-refractivity contribution in [2.45, 2.75) is 89.5 Å². The van der Waals surface area contributed by atoms with Gasteiger partial charge in [0.05, 0.1) is 0 Å². The third kappa shape index (κ3) is 2.92. The number of hydrogen-bond donors (Lipinski definition) is 1. The van der Waals surface area contributed by atoms with Gasteiger partial charge < -0.3 is 5.32 Å². The lowest BCUT2D eigenvalue weighted by Crippen LogP contribution is -2.49. The quantitative estimate of drug-likeness (QED) is 0.706. The van der Waals surface area contributed by atoms with Gasteiger partial charge in [0.1, 0.15) is 0 Å². The lowest BCUT2D eigenvalue weighted by molar-refractivity contribution is -0.0649. The summed E-state index contributed by atoms with van der Waals surface area (Å²) in [6.45, 7) is 0. The minimum atomic E-state index is 0.759. The van der Waals surface area contributed by atoms with Crippen molar-refractivity contribution in [2.75, 3.05) is 7.05 Å². The summed E-state index contributed by atoms with van der Waals surface area (Å²) < 4.78 is 0. The van der Waals surface area contributed by atoms with Crippen molar-refractivity contribution in [2.24, 2.45) is 29.1 Å². The highest BCUT2D eigenvalue weighted by atomic mass is 14.9. The number of hydrogen-bond acceptors (Lipinski definition) is 1. The standard InChI is InChI=1S/C20H35N/c1-21-19(18-6-4-2-3-5-7-18)14-20-11-15-8-16(12-20)10-17(9-15)13-20/h15-19,21H,2-14H2,1H3. The topological polar surface area (TPSA) is 12.0 Å². The normalized spacial score (nSPS) is 44.7. The van der Waals surface area contributed by atoms with E-state index >= 15 is 0 Å². The molecule has 5 aliphatic carbocycles. The number of nitrogens with one attached hydrogen (secondary N) is 1. The second-order valence-electron chi connectivity index (χ2n) is 9.27. The monoisotopic (exact) mass is 289 g/mol. The number of rotatable bonds is 4. The molecule has 0 aromatic heterocycles. The lowest BCUT2D eigenvalue weighted by Gasteiger charge is -2.58. The van der Waals surface area contributed by atoms with Gasteiger partial charge in [-0.25, -0.2) is 0 Å². The molecule has 5 rings (SSSR count). The average molecular weight is 290 g/mol. The third-order valence-electron chi connectivity index (χ3n) is 7.66. The van der Waals surface area contributed by atoms with Crippen LogP contribution in [0.3, 0.4) is 0 Å². The highest BCUT2D eigenvalue weighted by molar-refractivity contribution is 5.03. The van der Waals surface area contributed by atoms with Crippen molar-refractivity contribution in [1.29, 1.82) is 0 Å². The summed E-state index contributed by atoms with van der Waals surface area (Å²) in [5, 5.41) is 3.77. The van der Waals surface area contributed by atoms with E-state index in [1.807, 2.05) is 0 Å². The first-order valence-electron chi connectivity index (χ1n) is 9.94. The zero-order valence-corrected chi connectivity index (χ0v) is 14.1. The van der Waals surface area contributed by atoms with E-state index in [0.29, 0.717) is 0 Å². The molecule has 1 N–H and O–H groups in total. The van der Waals surface area contributed by atoms with Gasteiger partial charge in [-0.05, 0) is 93.9 Å². The Balaban J connectivity index is 1.45. The van der Waals surface area contributed by atoms with Gasteiger partial charge in [0.25, 0.3) is 0 Å². The molecule has 5 fully saturated rings. The van der Waals surface area contributed by atoms with Crippen molar-refractivity contribution >= 4 is 0 Å². The molecule has 1 atom stereocenters. The highest BCUT2D eigenvalue weighted by Crippen LogP contribution is 2.62. The van der Waals surface area contributed by atoms with E-state index in [4.69, 9.17) is 0 Å². The van der Waals surface area contributed by atoms with Crippen LogP contribution in [0.4, 0.5) is 0 Å². The summed E-state index contributed by atoms with van der Waals surface area (Å²) in [7, 11) is 2.25. The molecule has 1 unspecified atom stereocenters. The fourth-order valence-electron chi connectivity index (χ4n) is 7.22. The molecular weight excluding hydrogens is 254 g/mol. The SMILES string of the molecule is CNC(CC12CC3CC(CC(C3)C1)C2)C1CCCCCC1. The van der Waals surface area contributed by atoms with Crippen LogP contribution >= 0.6 is 0 Å². The molecule has 0 saturated heterocycles.